The molecule has 0 radical (unpaired) electrons. The molecular weight excluding hydrogens is 230 g/mol. The van der Waals surface area contributed by atoms with Crippen LogP contribution in [0.1, 0.15) is 23.7 Å². The molecule has 0 spiro atoms. The summed E-state index contributed by atoms with van der Waals surface area (Å²) in [4.78, 5) is 26.8. The number of benzene rings is 1. The highest BCUT2D eigenvalue weighted by molar-refractivity contribution is 6.01. The van der Waals surface area contributed by atoms with E-state index >= 15 is 0 Å². The number of fused-ring (bicyclic) bond motifs is 1. The quantitative estimate of drug-likeness (QED) is 0.838. The highest BCUT2D eigenvalue weighted by Crippen LogP contribution is 2.17. The Kier molecular flexibility index (Phi) is 3.37. The third-order valence-electron chi connectivity index (χ3n) is 2.82. The zero-order chi connectivity index (χ0) is 13.1. The van der Waals surface area contributed by atoms with E-state index in [0.29, 0.717) is 5.56 Å². The van der Waals surface area contributed by atoms with Gasteiger partial charge < -0.3 is 5.11 Å². The van der Waals surface area contributed by atoms with Gasteiger partial charge in [0.05, 0.1) is 11.9 Å². The molecule has 0 saturated heterocycles. The number of carboxylic acids is 1. The van der Waals surface area contributed by atoms with Gasteiger partial charge in [0, 0.05) is 23.1 Å². The number of nitrogens with zero attached hydrogens (tertiary/aromatic N) is 1. The molecule has 1 N–H and O–H groups in total. The van der Waals surface area contributed by atoms with Crippen LogP contribution in [0.3, 0.4) is 0 Å². The Morgan fingerprint density at radius 2 is 2.11 bits per heavy atom. The molecular formula is C14H13NO3. The standard InChI is InChI=1S/C14H13NO3/c1-9(7-13(16)17)14(18)11-4-5-12-10(8-11)3-2-6-15-12/h2-6,8-9H,7H2,1H3,(H,16,17). The van der Waals surface area contributed by atoms with Gasteiger partial charge in [-0.1, -0.05) is 13.0 Å². The minimum Gasteiger partial charge on any atom is -0.481 e. The van der Waals surface area contributed by atoms with Crippen LogP contribution in [0, 0.1) is 5.92 Å². The number of pyridine rings is 1. The number of carbonyl (C=O) groups is 2. The van der Waals surface area contributed by atoms with Gasteiger partial charge in [-0.2, -0.15) is 0 Å². The third-order valence-corrected chi connectivity index (χ3v) is 2.82. The summed E-state index contributed by atoms with van der Waals surface area (Å²) in [7, 11) is 0. The average Bonchev–Trinajstić information content (AvgIpc) is 2.36. The summed E-state index contributed by atoms with van der Waals surface area (Å²) >= 11 is 0. The summed E-state index contributed by atoms with van der Waals surface area (Å²) in [5.41, 5.74) is 1.35. The number of hydrogen-bond acceptors (Lipinski definition) is 3. The van der Waals surface area contributed by atoms with Crippen molar-refractivity contribution in [1.82, 2.24) is 4.98 Å². The third kappa shape index (κ3) is 2.53. The predicted molar refractivity (Wildman–Crippen MR) is 67.5 cm³/mol. The molecule has 0 saturated carbocycles. The maximum absolute atomic E-state index is 12.0. The Bertz CT molecular complexity index is 607. The van der Waals surface area contributed by atoms with E-state index in [1.165, 1.54) is 0 Å². The van der Waals surface area contributed by atoms with Crippen LogP contribution in [0.2, 0.25) is 0 Å². The highest BCUT2D eigenvalue weighted by Gasteiger charge is 2.18. The van der Waals surface area contributed by atoms with E-state index in [9.17, 15) is 9.59 Å². The lowest BCUT2D eigenvalue weighted by atomic mass is 9.95. The van der Waals surface area contributed by atoms with Gasteiger partial charge >= 0.3 is 5.97 Å². The molecule has 0 amide bonds. The maximum atomic E-state index is 12.0. The largest absolute Gasteiger partial charge is 0.481 e. The second kappa shape index (κ2) is 4.96. The van der Waals surface area contributed by atoms with Crippen molar-refractivity contribution in [2.75, 3.05) is 0 Å². The van der Waals surface area contributed by atoms with E-state index in [2.05, 4.69) is 4.98 Å². The molecule has 1 aromatic heterocycles. The first-order valence-electron chi connectivity index (χ1n) is 5.68. The summed E-state index contributed by atoms with van der Waals surface area (Å²) in [6.45, 7) is 1.63. The Morgan fingerprint density at radius 1 is 1.33 bits per heavy atom. The number of rotatable bonds is 4. The van der Waals surface area contributed by atoms with Gasteiger partial charge in [-0.05, 0) is 24.3 Å². The molecule has 18 heavy (non-hydrogen) atoms. The van der Waals surface area contributed by atoms with Crippen LogP contribution in [0.15, 0.2) is 36.5 Å². The second-order valence-corrected chi connectivity index (χ2v) is 4.27. The molecule has 2 aromatic rings. The summed E-state index contributed by atoms with van der Waals surface area (Å²) in [6, 6.07) is 8.90. The van der Waals surface area contributed by atoms with Crippen molar-refractivity contribution in [3.63, 3.8) is 0 Å². The lowest BCUT2D eigenvalue weighted by molar-refractivity contribution is -0.137. The van der Waals surface area contributed by atoms with Gasteiger partial charge in [-0.25, -0.2) is 0 Å². The van der Waals surface area contributed by atoms with E-state index in [4.69, 9.17) is 5.11 Å². The molecule has 0 bridgehead atoms. The van der Waals surface area contributed by atoms with Crippen LogP contribution in [-0.4, -0.2) is 21.8 Å². The highest BCUT2D eigenvalue weighted by atomic mass is 16.4. The predicted octanol–water partition coefficient (Wildman–Crippen LogP) is 2.53. The number of carbonyl (C=O) groups excluding carboxylic acids is 1. The molecule has 92 valence electrons. The van der Waals surface area contributed by atoms with Crippen LogP contribution in [0.5, 0.6) is 0 Å². The molecule has 0 aliphatic heterocycles. The van der Waals surface area contributed by atoms with Crippen molar-refractivity contribution in [2.24, 2.45) is 5.92 Å². The maximum Gasteiger partial charge on any atom is 0.304 e. The molecule has 1 unspecified atom stereocenters. The number of hydrogen-bond donors (Lipinski definition) is 1. The Hall–Kier alpha value is -2.23. The number of aliphatic carboxylic acids is 1. The van der Waals surface area contributed by atoms with Gasteiger partial charge in [0.2, 0.25) is 0 Å². The zero-order valence-electron chi connectivity index (χ0n) is 9.96. The van der Waals surface area contributed by atoms with Gasteiger partial charge in [0.15, 0.2) is 5.78 Å². The lowest BCUT2D eigenvalue weighted by Gasteiger charge is -2.08. The fraction of sp³-hybridized carbons (Fsp3) is 0.214. The van der Waals surface area contributed by atoms with Gasteiger partial charge in [0.1, 0.15) is 0 Å². The average molecular weight is 243 g/mol. The number of ketones is 1. The van der Waals surface area contributed by atoms with Crippen molar-refractivity contribution in [1.29, 1.82) is 0 Å². The molecule has 1 aromatic carbocycles. The van der Waals surface area contributed by atoms with Crippen LogP contribution >= 0.6 is 0 Å². The molecule has 4 heteroatoms. The topological polar surface area (TPSA) is 67.3 Å². The van der Waals surface area contributed by atoms with Gasteiger partial charge in [0.25, 0.3) is 0 Å². The Morgan fingerprint density at radius 3 is 2.83 bits per heavy atom. The van der Waals surface area contributed by atoms with Gasteiger partial charge in [-0.15, -0.1) is 0 Å². The summed E-state index contributed by atoms with van der Waals surface area (Å²) in [6.07, 6.45) is 1.54. The van der Waals surface area contributed by atoms with Crippen molar-refractivity contribution in [3.8, 4) is 0 Å². The number of aromatic nitrogens is 1. The van der Waals surface area contributed by atoms with Crippen LogP contribution in [-0.2, 0) is 4.79 Å². The van der Waals surface area contributed by atoms with Gasteiger partial charge in [-0.3, -0.25) is 14.6 Å². The SMILES string of the molecule is CC(CC(=O)O)C(=O)c1ccc2ncccc2c1. The Labute approximate surface area is 104 Å². The van der Waals surface area contributed by atoms with Crippen LogP contribution < -0.4 is 0 Å². The first-order valence-corrected chi connectivity index (χ1v) is 5.68. The van der Waals surface area contributed by atoms with E-state index in [-0.39, 0.29) is 12.2 Å². The number of Topliss-reactive ketones (excluding diaryl/α,β-unsaturated/α-hetero) is 1. The van der Waals surface area contributed by atoms with E-state index in [0.717, 1.165) is 10.9 Å². The number of carboxylic acid groups (broad SMARTS) is 1. The molecule has 0 aliphatic carbocycles. The zero-order valence-corrected chi connectivity index (χ0v) is 9.96. The second-order valence-electron chi connectivity index (χ2n) is 4.27. The Balaban J connectivity index is 2.30. The molecule has 0 aliphatic rings. The monoisotopic (exact) mass is 243 g/mol. The van der Waals surface area contributed by atoms with E-state index in [1.807, 2.05) is 6.07 Å². The summed E-state index contributed by atoms with van der Waals surface area (Å²) in [5.74, 6) is -1.63. The normalized spacial score (nSPS) is 12.3. The molecule has 1 heterocycles. The van der Waals surface area contributed by atoms with Crippen molar-refractivity contribution >= 4 is 22.7 Å². The molecule has 1 atom stereocenters. The molecule has 2 rings (SSSR count). The fourth-order valence-corrected chi connectivity index (χ4v) is 1.87. The minimum absolute atomic E-state index is 0.149. The van der Waals surface area contributed by atoms with Crippen LogP contribution in [0.25, 0.3) is 10.9 Å². The minimum atomic E-state index is -0.960. The summed E-state index contributed by atoms with van der Waals surface area (Å²) in [5, 5.41) is 9.57. The van der Waals surface area contributed by atoms with Crippen molar-refractivity contribution in [2.45, 2.75) is 13.3 Å². The fourth-order valence-electron chi connectivity index (χ4n) is 1.87. The molecule has 0 fully saturated rings. The van der Waals surface area contributed by atoms with E-state index < -0.39 is 11.9 Å². The smallest absolute Gasteiger partial charge is 0.304 e. The van der Waals surface area contributed by atoms with Crippen LogP contribution in [0.4, 0.5) is 0 Å². The van der Waals surface area contributed by atoms with Crippen molar-refractivity contribution in [3.05, 3.63) is 42.1 Å². The lowest BCUT2D eigenvalue weighted by Crippen LogP contribution is -2.15. The van der Waals surface area contributed by atoms with Crippen molar-refractivity contribution < 1.29 is 14.7 Å². The summed E-state index contributed by atoms with van der Waals surface area (Å²) < 4.78 is 0. The first-order chi connectivity index (χ1) is 8.58. The molecule has 4 nitrogen and oxygen atoms in total. The first kappa shape index (κ1) is 12.2. The van der Waals surface area contributed by atoms with E-state index in [1.54, 1.807) is 37.4 Å².